The van der Waals surface area contributed by atoms with Gasteiger partial charge in [0.25, 0.3) is 0 Å². The maximum Gasteiger partial charge on any atom is 0.334 e. The van der Waals surface area contributed by atoms with Crippen LogP contribution in [-0.4, -0.2) is 39.9 Å². The van der Waals surface area contributed by atoms with Gasteiger partial charge in [0.15, 0.2) is 5.54 Å². The van der Waals surface area contributed by atoms with E-state index >= 15 is 0 Å². The molecule has 1 heterocycles. The first-order valence-corrected chi connectivity index (χ1v) is 11.4. The van der Waals surface area contributed by atoms with Crippen LogP contribution in [0.1, 0.15) is 43.9 Å². The van der Waals surface area contributed by atoms with E-state index in [1.54, 1.807) is 0 Å². The molecule has 0 spiro atoms. The van der Waals surface area contributed by atoms with Crippen molar-refractivity contribution in [3.05, 3.63) is 70.8 Å². The zero-order valence-electron chi connectivity index (χ0n) is 19.3. The first-order valence-electron chi connectivity index (χ1n) is 11.4. The molecule has 2 aromatic rings. The number of carbonyl (C=O) groups is 3. The number of carboxylic acid groups (broad SMARTS) is 1. The Balaban J connectivity index is 1.80. The van der Waals surface area contributed by atoms with Crippen LogP contribution in [0.15, 0.2) is 42.5 Å². The van der Waals surface area contributed by atoms with Crippen molar-refractivity contribution in [2.45, 2.75) is 57.7 Å². The van der Waals surface area contributed by atoms with Gasteiger partial charge in [0.1, 0.15) is 23.7 Å². The lowest BCUT2D eigenvalue weighted by atomic mass is 9.82. The Labute approximate surface area is 197 Å². The predicted molar refractivity (Wildman–Crippen MR) is 121 cm³/mol. The molecule has 180 valence electrons. The molecular formula is C26H28F2N2O4. The van der Waals surface area contributed by atoms with Gasteiger partial charge in [-0.3, -0.25) is 9.59 Å². The number of fused-ring (bicyclic) bond motifs is 1. The summed E-state index contributed by atoms with van der Waals surface area (Å²) in [4.78, 5) is 41.0. The highest BCUT2D eigenvalue weighted by Gasteiger charge is 2.55. The first-order chi connectivity index (χ1) is 16.0. The van der Waals surface area contributed by atoms with Gasteiger partial charge in [-0.05, 0) is 55.2 Å². The Morgan fingerprint density at radius 1 is 1.15 bits per heavy atom. The average Bonchev–Trinajstić information content (AvgIpc) is 3.19. The Hall–Kier alpha value is -3.29. The molecule has 0 aromatic heterocycles. The van der Waals surface area contributed by atoms with E-state index in [4.69, 9.17) is 0 Å². The number of piperazine rings is 1. The second-order valence-electron chi connectivity index (χ2n) is 9.78. The standard InChI is InChI=1S/C26H28F2N2O4/c1-14(2)10-21-23(31)29-22(17-11-15-6-4-5-7-16(15)12-17)24(32)30(21)26(3,25(33)34)19-9-8-18(27)13-20(19)28/h4-9,13-14,17,21-22H,10-12H2,1-3H3,(H,29,31)(H,33,34)/t21-,22-,26-/m1/s1. The molecule has 6 nitrogen and oxygen atoms in total. The molecule has 1 aliphatic heterocycles. The van der Waals surface area contributed by atoms with E-state index in [9.17, 15) is 28.3 Å². The number of halogens is 2. The summed E-state index contributed by atoms with van der Waals surface area (Å²) in [5, 5.41) is 13.1. The number of amides is 2. The quantitative estimate of drug-likeness (QED) is 0.678. The molecule has 3 atom stereocenters. The molecular weight excluding hydrogens is 442 g/mol. The smallest absolute Gasteiger partial charge is 0.334 e. The first kappa shape index (κ1) is 23.9. The number of hydrogen-bond acceptors (Lipinski definition) is 3. The van der Waals surface area contributed by atoms with Crippen LogP contribution in [0.3, 0.4) is 0 Å². The van der Waals surface area contributed by atoms with Crippen molar-refractivity contribution in [3.63, 3.8) is 0 Å². The van der Waals surface area contributed by atoms with Crippen LogP contribution in [0.4, 0.5) is 8.78 Å². The van der Waals surface area contributed by atoms with Crippen LogP contribution < -0.4 is 5.32 Å². The Kier molecular flexibility index (Phi) is 6.18. The van der Waals surface area contributed by atoms with Crippen LogP contribution in [0.25, 0.3) is 0 Å². The number of aliphatic carboxylic acids is 1. The SMILES string of the molecule is CC(C)C[C@@H]1C(=O)N[C@H](C2Cc3ccccc3C2)C(=O)N1[C@@](C)(C(=O)O)c1ccc(F)cc1F. The molecule has 1 fully saturated rings. The fourth-order valence-corrected chi connectivity index (χ4v) is 5.30. The summed E-state index contributed by atoms with van der Waals surface area (Å²) in [6.07, 6.45) is 1.31. The van der Waals surface area contributed by atoms with Gasteiger partial charge < -0.3 is 15.3 Å². The van der Waals surface area contributed by atoms with Crippen LogP contribution in [0.2, 0.25) is 0 Å². The molecule has 0 saturated carbocycles. The number of nitrogens with zero attached hydrogens (tertiary/aromatic N) is 1. The minimum Gasteiger partial charge on any atom is -0.479 e. The molecule has 2 aliphatic rings. The molecule has 0 unspecified atom stereocenters. The lowest BCUT2D eigenvalue weighted by Crippen LogP contribution is -2.71. The Morgan fingerprint density at radius 3 is 2.29 bits per heavy atom. The summed E-state index contributed by atoms with van der Waals surface area (Å²) >= 11 is 0. The number of nitrogens with one attached hydrogen (secondary N) is 1. The third-order valence-electron chi connectivity index (χ3n) is 7.02. The maximum absolute atomic E-state index is 14.9. The number of benzene rings is 2. The highest BCUT2D eigenvalue weighted by molar-refractivity contribution is 6.00. The van der Waals surface area contributed by atoms with Crippen molar-refractivity contribution in [2.75, 3.05) is 0 Å². The summed E-state index contributed by atoms with van der Waals surface area (Å²) in [5.41, 5.74) is -0.422. The van der Waals surface area contributed by atoms with Crippen molar-refractivity contribution >= 4 is 17.8 Å². The van der Waals surface area contributed by atoms with Gasteiger partial charge in [0.2, 0.25) is 11.8 Å². The second-order valence-corrected chi connectivity index (χ2v) is 9.78. The van der Waals surface area contributed by atoms with Crippen molar-refractivity contribution in [3.8, 4) is 0 Å². The third kappa shape index (κ3) is 3.95. The van der Waals surface area contributed by atoms with Gasteiger partial charge in [0, 0.05) is 11.6 Å². The predicted octanol–water partition coefficient (Wildman–Crippen LogP) is 3.42. The number of carboxylic acids is 1. The molecule has 2 N–H and O–H groups in total. The van der Waals surface area contributed by atoms with Gasteiger partial charge in [0.05, 0.1) is 0 Å². The van der Waals surface area contributed by atoms with Crippen molar-refractivity contribution < 1.29 is 28.3 Å². The van der Waals surface area contributed by atoms with Crippen LogP contribution in [0.5, 0.6) is 0 Å². The molecule has 1 saturated heterocycles. The highest BCUT2D eigenvalue weighted by atomic mass is 19.1. The summed E-state index contributed by atoms with van der Waals surface area (Å²) in [5.74, 6) is -4.79. The van der Waals surface area contributed by atoms with Gasteiger partial charge in [-0.2, -0.15) is 0 Å². The Bertz CT molecular complexity index is 1130. The fraction of sp³-hybridized carbons (Fsp3) is 0.423. The highest BCUT2D eigenvalue weighted by Crippen LogP contribution is 2.39. The van der Waals surface area contributed by atoms with Crippen molar-refractivity contribution in [2.24, 2.45) is 11.8 Å². The molecule has 2 aromatic carbocycles. The molecule has 2 amide bonds. The fourth-order valence-electron chi connectivity index (χ4n) is 5.30. The van der Waals surface area contributed by atoms with E-state index in [-0.39, 0.29) is 23.8 Å². The summed E-state index contributed by atoms with van der Waals surface area (Å²) in [6.45, 7) is 4.91. The number of carbonyl (C=O) groups excluding carboxylic acids is 2. The topological polar surface area (TPSA) is 86.7 Å². The van der Waals surface area contributed by atoms with Gasteiger partial charge in [-0.25, -0.2) is 13.6 Å². The van der Waals surface area contributed by atoms with Gasteiger partial charge in [-0.15, -0.1) is 0 Å². The number of rotatable bonds is 6. The third-order valence-corrected chi connectivity index (χ3v) is 7.02. The molecule has 8 heteroatoms. The molecule has 0 bridgehead atoms. The minimum atomic E-state index is -2.21. The minimum absolute atomic E-state index is 0.0468. The van der Waals surface area contributed by atoms with Gasteiger partial charge in [-0.1, -0.05) is 44.2 Å². The van der Waals surface area contributed by atoms with E-state index in [0.29, 0.717) is 18.9 Å². The van der Waals surface area contributed by atoms with Crippen LogP contribution in [-0.2, 0) is 32.8 Å². The monoisotopic (exact) mass is 470 g/mol. The Morgan fingerprint density at radius 2 is 1.76 bits per heavy atom. The lowest BCUT2D eigenvalue weighted by Gasteiger charge is -2.48. The number of hydrogen-bond donors (Lipinski definition) is 2. The lowest BCUT2D eigenvalue weighted by molar-refractivity contribution is -0.171. The van der Waals surface area contributed by atoms with Crippen molar-refractivity contribution in [1.29, 1.82) is 0 Å². The summed E-state index contributed by atoms with van der Waals surface area (Å²) < 4.78 is 28.5. The zero-order chi connectivity index (χ0) is 24.8. The zero-order valence-corrected chi connectivity index (χ0v) is 19.3. The van der Waals surface area contributed by atoms with Crippen LogP contribution >= 0.6 is 0 Å². The van der Waals surface area contributed by atoms with Crippen molar-refractivity contribution in [1.82, 2.24) is 10.2 Å². The maximum atomic E-state index is 14.9. The summed E-state index contributed by atoms with van der Waals surface area (Å²) in [6, 6.07) is 8.27. The molecule has 1 aliphatic carbocycles. The van der Waals surface area contributed by atoms with Crippen LogP contribution in [0, 0.1) is 23.5 Å². The largest absolute Gasteiger partial charge is 0.479 e. The normalized spacial score (nSPS) is 22.5. The summed E-state index contributed by atoms with van der Waals surface area (Å²) in [7, 11) is 0. The molecule has 0 radical (unpaired) electrons. The van der Waals surface area contributed by atoms with E-state index in [1.807, 2.05) is 38.1 Å². The van der Waals surface area contributed by atoms with Gasteiger partial charge >= 0.3 is 5.97 Å². The van der Waals surface area contributed by atoms with E-state index in [0.717, 1.165) is 28.2 Å². The molecule has 34 heavy (non-hydrogen) atoms. The van der Waals surface area contributed by atoms with E-state index in [1.165, 1.54) is 6.92 Å². The molecule has 4 rings (SSSR count). The average molecular weight is 471 g/mol. The second kappa shape index (κ2) is 8.81. The van der Waals surface area contributed by atoms with E-state index < -0.39 is 47.0 Å². The van der Waals surface area contributed by atoms with E-state index in [2.05, 4.69) is 5.32 Å².